The Morgan fingerprint density at radius 3 is 1.73 bits per heavy atom. The van der Waals surface area contributed by atoms with Gasteiger partial charge in [-0.2, -0.15) is 0 Å². The Morgan fingerprint density at radius 2 is 1.53 bits per heavy atom. The van der Waals surface area contributed by atoms with Crippen molar-refractivity contribution in [3.05, 3.63) is 0 Å². The van der Waals surface area contributed by atoms with Crippen molar-refractivity contribution in [2.75, 3.05) is 7.11 Å². The summed E-state index contributed by atoms with van der Waals surface area (Å²) in [7, 11) is 1.37. The van der Waals surface area contributed by atoms with Gasteiger partial charge in [0.2, 0.25) is 0 Å². The lowest BCUT2D eigenvalue weighted by molar-refractivity contribution is -0.157. The second-order valence-corrected chi connectivity index (χ2v) is 5.71. The molecule has 0 saturated carbocycles. The molecule has 0 spiro atoms. The Kier molecular flexibility index (Phi) is 3.93. The van der Waals surface area contributed by atoms with Crippen LogP contribution in [0.5, 0.6) is 0 Å². The van der Waals surface area contributed by atoms with Crippen molar-refractivity contribution in [2.45, 2.75) is 52.1 Å². The summed E-state index contributed by atoms with van der Waals surface area (Å²) in [5, 5.41) is 0. The molecule has 0 rings (SSSR count). The van der Waals surface area contributed by atoms with Gasteiger partial charge in [-0.3, -0.25) is 4.79 Å². The van der Waals surface area contributed by atoms with Crippen LogP contribution in [0.3, 0.4) is 0 Å². The van der Waals surface area contributed by atoms with Gasteiger partial charge >= 0.3 is 5.97 Å². The van der Waals surface area contributed by atoms with E-state index >= 15 is 0 Å². The zero-order valence-corrected chi connectivity index (χ0v) is 10.7. The molecule has 4 N–H and O–H groups in total. The Labute approximate surface area is 92.3 Å². The van der Waals surface area contributed by atoms with Gasteiger partial charge in [0.05, 0.1) is 12.5 Å². The minimum Gasteiger partial charge on any atom is -0.469 e. The molecular weight excluding hydrogens is 192 g/mol. The molecule has 0 heterocycles. The van der Waals surface area contributed by atoms with Gasteiger partial charge in [0.1, 0.15) is 0 Å². The van der Waals surface area contributed by atoms with E-state index in [1.54, 1.807) is 6.92 Å². The third kappa shape index (κ3) is 3.47. The van der Waals surface area contributed by atoms with Gasteiger partial charge in [-0.05, 0) is 41.0 Å². The van der Waals surface area contributed by atoms with E-state index in [0.29, 0.717) is 6.42 Å². The number of carbonyl (C=O) groups is 1. The topological polar surface area (TPSA) is 78.3 Å². The van der Waals surface area contributed by atoms with Crippen molar-refractivity contribution in [1.82, 2.24) is 0 Å². The van der Waals surface area contributed by atoms with Crippen LogP contribution < -0.4 is 11.5 Å². The quantitative estimate of drug-likeness (QED) is 0.688. The van der Waals surface area contributed by atoms with Crippen molar-refractivity contribution in [1.29, 1.82) is 0 Å². The number of rotatable bonds is 4. The summed E-state index contributed by atoms with van der Waals surface area (Å²) >= 11 is 0. The maximum Gasteiger partial charge on any atom is 0.313 e. The van der Waals surface area contributed by atoms with Crippen LogP contribution >= 0.6 is 0 Å². The van der Waals surface area contributed by atoms with Crippen LogP contribution in [0.25, 0.3) is 0 Å². The zero-order valence-electron chi connectivity index (χ0n) is 10.7. The third-order valence-corrected chi connectivity index (χ3v) is 2.87. The molecular formula is C11H24N2O2. The molecule has 0 aromatic carbocycles. The van der Waals surface area contributed by atoms with Crippen molar-refractivity contribution >= 4 is 5.97 Å². The SMILES string of the molecule is COC(=O)C(C)(CC(C)(C)N)C(C)(C)N. The number of esters is 1. The molecule has 1 unspecified atom stereocenters. The molecule has 4 nitrogen and oxygen atoms in total. The Bertz CT molecular complexity index is 238. The maximum absolute atomic E-state index is 11.8. The smallest absolute Gasteiger partial charge is 0.313 e. The van der Waals surface area contributed by atoms with E-state index in [9.17, 15) is 4.79 Å². The second kappa shape index (κ2) is 4.10. The minimum atomic E-state index is -0.778. The van der Waals surface area contributed by atoms with Gasteiger partial charge in [0.15, 0.2) is 0 Å². The van der Waals surface area contributed by atoms with Crippen molar-refractivity contribution < 1.29 is 9.53 Å². The lowest BCUT2D eigenvalue weighted by Gasteiger charge is -2.42. The monoisotopic (exact) mass is 216 g/mol. The molecule has 4 heteroatoms. The molecule has 0 aromatic rings. The highest BCUT2D eigenvalue weighted by molar-refractivity contribution is 5.78. The molecule has 1 atom stereocenters. The van der Waals surface area contributed by atoms with Crippen LogP contribution in [0.4, 0.5) is 0 Å². The first-order valence-corrected chi connectivity index (χ1v) is 5.10. The van der Waals surface area contributed by atoms with Crippen LogP contribution in [0.2, 0.25) is 0 Å². The van der Waals surface area contributed by atoms with Crippen LogP contribution in [-0.2, 0) is 9.53 Å². The molecule has 0 bridgehead atoms. The fraction of sp³-hybridized carbons (Fsp3) is 0.909. The van der Waals surface area contributed by atoms with Gasteiger partial charge in [0.25, 0.3) is 0 Å². The first kappa shape index (κ1) is 14.4. The number of hydrogen-bond acceptors (Lipinski definition) is 4. The molecule has 0 fully saturated rings. The molecule has 0 aromatic heterocycles. The molecule has 90 valence electrons. The fourth-order valence-electron chi connectivity index (χ4n) is 1.70. The normalized spacial score (nSPS) is 17.1. The van der Waals surface area contributed by atoms with Gasteiger partial charge in [0, 0.05) is 11.1 Å². The number of ether oxygens (including phenoxy) is 1. The summed E-state index contributed by atoms with van der Waals surface area (Å²) in [6.07, 6.45) is 0.482. The summed E-state index contributed by atoms with van der Waals surface area (Å²) in [4.78, 5) is 11.8. The Balaban J connectivity index is 5.14. The Morgan fingerprint density at radius 1 is 1.13 bits per heavy atom. The molecule has 0 aliphatic heterocycles. The van der Waals surface area contributed by atoms with Crippen molar-refractivity contribution in [3.63, 3.8) is 0 Å². The average Bonchev–Trinajstić information content (AvgIpc) is 1.97. The van der Waals surface area contributed by atoms with Gasteiger partial charge < -0.3 is 16.2 Å². The second-order valence-electron chi connectivity index (χ2n) is 5.71. The van der Waals surface area contributed by atoms with E-state index in [0.717, 1.165) is 0 Å². The highest BCUT2D eigenvalue weighted by Crippen LogP contribution is 2.37. The standard InChI is InChI=1S/C11H24N2O2/c1-9(2,12)7-11(5,8(14)15-6)10(3,4)13/h7,12-13H2,1-6H3. The lowest BCUT2D eigenvalue weighted by atomic mass is 9.67. The van der Waals surface area contributed by atoms with Gasteiger partial charge in [-0.15, -0.1) is 0 Å². The Hall–Kier alpha value is -0.610. The highest BCUT2D eigenvalue weighted by atomic mass is 16.5. The largest absolute Gasteiger partial charge is 0.469 e. The fourth-order valence-corrected chi connectivity index (χ4v) is 1.70. The maximum atomic E-state index is 11.8. The van der Waals surface area contributed by atoms with Crippen LogP contribution in [0.15, 0.2) is 0 Å². The minimum absolute atomic E-state index is 0.312. The van der Waals surface area contributed by atoms with Gasteiger partial charge in [-0.1, -0.05) is 0 Å². The summed E-state index contributed by atoms with van der Waals surface area (Å²) in [6, 6.07) is 0. The number of carbonyl (C=O) groups excluding carboxylic acids is 1. The zero-order chi connectivity index (χ0) is 12.5. The van der Waals surface area contributed by atoms with Crippen LogP contribution in [-0.4, -0.2) is 24.2 Å². The molecule has 15 heavy (non-hydrogen) atoms. The highest BCUT2D eigenvalue weighted by Gasteiger charge is 2.48. The molecule has 0 aliphatic carbocycles. The van der Waals surface area contributed by atoms with E-state index in [4.69, 9.17) is 16.2 Å². The predicted molar refractivity (Wildman–Crippen MR) is 61.3 cm³/mol. The molecule has 0 aliphatic rings. The summed E-state index contributed by atoms with van der Waals surface area (Å²) in [5.41, 5.74) is 10.1. The summed E-state index contributed by atoms with van der Waals surface area (Å²) in [6.45, 7) is 9.18. The van der Waals surface area contributed by atoms with E-state index in [2.05, 4.69) is 0 Å². The molecule has 0 saturated heterocycles. The number of nitrogens with two attached hydrogens (primary N) is 2. The van der Waals surface area contributed by atoms with Crippen LogP contribution in [0, 0.1) is 5.41 Å². The molecule has 0 radical (unpaired) electrons. The van der Waals surface area contributed by atoms with E-state index < -0.39 is 16.5 Å². The van der Waals surface area contributed by atoms with Gasteiger partial charge in [-0.25, -0.2) is 0 Å². The van der Waals surface area contributed by atoms with E-state index in [1.165, 1.54) is 7.11 Å². The number of methoxy groups -OCH3 is 1. The number of hydrogen-bond donors (Lipinski definition) is 2. The predicted octanol–water partition coefficient (Wildman–Crippen LogP) is 1.03. The van der Waals surface area contributed by atoms with Crippen LogP contribution in [0.1, 0.15) is 41.0 Å². The molecule has 0 amide bonds. The van der Waals surface area contributed by atoms with Crippen molar-refractivity contribution in [2.24, 2.45) is 16.9 Å². The summed E-state index contributed by atoms with van der Waals surface area (Å²) in [5.74, 6) is -0.312. The third-order valence-electron chi connectivity index (χ3n) is 2.87. The van der Waals surface area contributed by atoms with Crippen molar-refractivity contribution in [3.8, 4) is 0 Å². The first-order chi connectivity index (χ1) is 6.44. The lowest BCUT2D eigenvalue weighted by Crippen LogP contribution is -2.58. The summed E-state index contributed by atoms with van der Waals surface area (Å²) < 4.78 is 4.81. The average molecular weight is 216 g/mol. The first-order valence-electron chi connectivity index (χ1n) is 5.10. The van der Waals surface area contributed by atoms with E-state index in [1.807, 2.05) is 27.7 Å². The van der Waals surface area contributed by atoms with E-state index in [-0.39, 0.29) is 5.97 Å².